The Labute approximate surface area is 184 Å². The smallest absolute Gasteiger partial charge is 0.414 e. The van der Waals surface area contributed by atoms with Crippen LogP contribution in [-0.2, 0) is 16.1 Å². The van der Waals surface area contributed by atoms with E-state index in [1.54, 1.807) is 44.6 Å². The van der Waals surface area contributed by atoms with Crippen molar-refractivity contribution < 1.29 is 38.5 Å². The van der Waals surface area contributed by atoms with Gasteiger partial charge in [-0.3, -0.25) is 9.69 Å². The summed E-state index contributed by atoms with van der Waals surface area (Å²) in [5, 5.41) is 14.8. The number of halogens is 1. The fourth-order valence-corrected chi connectivity index (χ4v) is 3.15. The Hall–Kier alpha value is -3.66. The fourth-order valence-electron chi connectivity index (χ4n) is 3.15. The van der Waals surface area contributed by atoms with Gasteiger partial charge in [0.1, 0.15) is 5.82 Å². The topological polar surface area (TPSA) is 117 Å². The van der Waals surface area contributed by atoms with Crippen LogP contribution in [-0.4, -0.2) is 78.3 Å². The Morgan fingerprint density at radius 2 is 1.53 bits per heavy atom. The summed E-state index contributed by atoms with van der Waals surface area (Å²) in [6.07, 6.45) is 0. The maximum atomic E-state index is 13.3. The van der Waals surface area contributed by atoms with Crippen LogP contribution in [0.15, 0.2) is 42.5 Å². The largest absolute Gasteiger partial charge is 0.493 e. The number of nitrogens with zero attached hydrogens (tertiary/aromatic N) is 2. The zero-order valence-electron chi connectivity index (χ0n) is 17.8. The minimum atomic E-state index is -1.82. The Balaban J connectivity index is 0.000000534. The van der Waals surface area contributed by atoms with Crippen molar-refractivity contribution >= 4 is 17.8 Å². The Kier molecular flexibility index (Phi) is 8.96. The van der Waals surface area contributed by atoms with E-state index in [0.717, 1.165) is 18.7 Å². The van der Waals surface area contributed by atoms with Crippen molar-refractivity contribution in [2.45, 2.75) is 6.54 Å². The molecule has 32 heavy (non-hydrogen) atoms. The molecule has 1 amide bonds. The van der Waals surface area contributed by atoms with Crippen LogP contribution >= 0.6 is 0 Å². The summed E-state index contributed by atoms with van der Waals surface area (Å²) in [5.41, 5.74) is 1.53. The molecule has 1 heterocycles. The van der Waals surface area contributed by atoms with E-state index >= 15 is 0 Å². The highest BCUT2D eigenvalue weighted by Crippen LogP contribution is 2.28. The number of benzene rings is 2. The van der Waals surface area contributed by atoms with Gasteiger partial charge in [0.2, 0.25) is 0 Å². The van der Waals surface area contributed by atoms with Crippen molar-refractivity contribution in [2.75, 3.05) is 40.4 Å². The normalized spacial score (nSPS) is 13.5. The first-order chi connectivity index (χ1) is 15.2. The molecule has 1 saturated heterocycles. The number of carbonyl (C=O) groups excluding carboxylic acids is 1. The molecule has 0 unspecified atom stereocenters. The van der Waals surface area contributed by atoms with Gasteiger partial charge in [-0.15, -0.1) is 0 Å². The monoisotopic (exact) mass is 448 g/mol. The Morgan fingerprint density at radius 3 is 2.06 bits per heavy atom. The average Bonchev–Trinajstić information content (AvgIpc) is 2.79. The molecule has 0 aromatic heterocycles. The molecular weight excluding hydrogens is 423 g/mol. The lowest BCUT2D eigenvalue weighted by Crippen LogP contribution is -2.48. The molecule has 0 aliphatic carbocycles. The van der Waals surface area contributed by atoms with Gasteiger partial charge >= 0.3 is 11.9 Å². The third-order valence-corrected chi connectivity index (χ3v) is 4.77. The molecule has 172 valence electrons. The molecule has 1 aliphatic heterocycles. The highest BCUT2D eigenvalue weighted by atomic mass is 19.1. The van der Waals surface area contributed by atoms with Gasteiger partial charge in [0.25, 0.3) is 5.91 Å². The number of ether oxygens (including phenoxy) is 2. The van der Waals surface area contributed by atoms with E-state index in [9.17, 15) is 9.18 Å². The van der Waals surface area contributed by atoms with Crippen LogP contribution in [0.2, 0.25) is 0 Å². The zero-order chi connectivity index (χ0) is 23.7. The second-order valence-electron chi connectivity index (χ2n) is 6.88. The van der Waals surface area contributed by atoms with Gasteiger partial charge < -0.3 is 24.6 Å². The summed E-state index contributed by atoms with van der Waals surface area (Å²) >= 11 is 0. The maximum absolute atomic E-state index is 13.3. The first-order valence-corrected chi connectivity index (χ1v) is 9.69. The predicted molar refractivity (Wildman–Crippen MR) is 112 cm³/mol. The maximum Gasteiger partial charge on any atom is 0.414 e. The summed E-state index contributed by atoms with van der Waals surface area (Å²) in [5.74, 6) is -2.74. The number of carboxylic acids is 2. The number of piperazine rings is 1. The number of methoxy groups -OCH3 is 2. The van der Waals surface area contributed by atoms with E-state index in [2.05, 4.69) is 4.90 Å². The van der Waals surface area contributed by atoms with Crippen LogP contribution in [0.25, 0.3) is 0 Å². The van der Waals surface area contributed by atoms with Gasteiger partial charge in [-0.05, 0) is 35.9 Å². The molecule has 1 aliphatic rings. The molecule has 0 bridgehead atoms. The average molecular weight is 448 g/mol. The summed E-state index contributed by atoms with van der Waals surface area (Å²) in [4.78, 5) is 35.0. The van der Waals surface area contributed by atoms with E-state index in [1.165, 1.54) is 6.07 Å². The Bertz CT molecular complexity index is 947. The molecule has 0 spiro atoms. The fraction of sp³-hybridized carbons (Fsp3) is 0.318. The molecule has 0 saturated carbocycles. The molecule has 0 atom stereocenters. The van der Waals surface area contributed by atoms with Crippen molar-refractivity contribution in [3.05, 3.63) is 59.4 Å². The van der Waals surface area contributed by atoms with Crippen molar-refractivity contribution in [1.82, 2.24) is 9.80 Å². The zero-order valence-corrected chi connectivity index (χ0v) is 17.8. The minimum absolute atomic E-state index is 0.0173. The first kappa shape index (κ1) is 24.6. The third kappa shape index (κ3) is 6.95. The summed E-state index contributed by atoms with van der Waals surface area (Å²) in [6, 6.07) is 11.9. The molecule has 2 N–H and O–H groups in total. The van der Waals surface area contributed by atoms with Gasteiger partial charge in [0.05, 0.1) is 14.2 Å². The molecule has 9 nitrogen and oxygen atoms in total. The second-order valence-corrected chi connectivity index (χ2v) is 6.88. The standard InChI is InChI=1S/C20H23FN2O3.C2H2O4/c1-25-18-7-6-16(13-19(18)26-2)20(24)23-10-8-22(9-11-23)14-15-4-3-5-17(21)12-15;3-1(4)2(5)6/h3-7,12-13H,8-11,14H2,1-2H3;(H,3,4)(H,5,6). The molecular formula is C22H25FN2O7. The van der Waals surface area contributed by atoms with Crippen molar-refractivity contribution in [3.63, 3.8) is 0 Å². The lowest BCUT2D eigenvalue weighted by atomic mass is 10.1. The highest BCUT2D eigenvalue weighted by molar-refractivity contribution is 6.27. The van der Waals surface area contributed by atoms with Gasteiger partial charge in [-0.1, -0.05) is 12.1 Å². The van der Waals surface area contributed by atoms with E-state index in [4.69, 9.17) is 29.3 Å². The van der Waals surface area contributed by atoms with Gasteiger partial charge in [-0.25, -0.2) is 14.0 Å². The van der Waals surface area contributed by atoms with Crippen LogP contribution in [0, 0.1) is 5.82 Å². The van der Waals surface area contributed by atoms with Crippen LogP contribution in [0.3, 0.4) is 0 Å². The SMILES string of the molecule is COc1ccc(C(=O)N2CCN(Cc3cccc(F)c3)CC2)cc1OC.O=C(O)C(=O)O. The number of aliphatic carboxylic acids is 2. The van der Waals surface area contributed by atoms with Crippen LogP contribution in [0.5, 0.6) is 11.5 Å². The number of amides is 1. The highest BCUT2D eigenvalue weighted by Gasteiger charge is 2.23. The summed E-state index contributed by atoms with van der Waals surface area (Å²) < 4.78 is 23.8. The lowest BCUT2D eigenvalue weighted by Gasteiger charge is -2.34. The predicted octanol–water partition coefficient (Wildman–Crippen LogP) is 1.96. The molecule has 2 aromatic carbocycles. The quantitative estimate of drug-likeness (QED) is 0.667. The van der Waals surface area contributed by atoms with Crippen LogP contribution in [0.1, 0.15) is 15.9 Å². The van der Waals surface area contributed by atoms with Crippen molar-refractivity contribution in [1.29, 1.82) is 0 Å². The van der Waals surface area contributed by atoms with E-state index < -0.39 is 11.9 Å². The molecule has 1 fully saturated rings. The van der Waals surface area contributed by atoms with Crippen molar-refractivity contribution in [2.24, 2.45) is 0 Å². The number of rotatable bonds is 5. The molecule has 10 heteroatoms. The van der Waals surface area contributed by atoms with Gasteiger partial charge in [0, 0.05) is 38.3 Å². The van der Waals surface area contributed by atoms with Gasteiger partial charge in [-0.2, -0.15) is 0 Å². The second kappa shape index (κ2) is 11.7. The number of hydrogen-bond donors (Lipinski definition) is 2. The Morgan fingerprint density at radius 1 is 0.906 bits per heavy atom. The van der Waals surface area contributed by atoms with Crippen LogP contribution < -0.4 is 9.47 Å². The number of carbonyl (C=O) groups is 3. The third-order valence-electron chi connectivity index (χ3n) is 4.77. The van der Waals surface area contributed by atoms with E-state index in [0.29, 0.717) is 36.7 Å². The molecule has 2 aromatic rings. The van der Waals surface area contributed by atoms with Gasteiger partial charge in [0.15, 0.2) is 11.5 Å². The molecule has 0 radical (unpaired) electrons. The summed E-state index contributed by atoms with van der Waals surface area (Å²) in [7, 11) is 3.12. The van der Waals surface area contributed by atoms with E-state index in [1.807, 2.05) is 11.0 Å². The minimum Gasteiger partial charge on any atom is -0.493 e. The van der Waals surface area contributed by atoms with Crippen LogP contribution in [0.4, 0.5) is 4.39 Å². The van der Waals surface area contributed by atoms with E-state index in [-0.39, 0.29) is 11.7 Å². The summed E-state index contributed by atoms with van der Waals surface area (Å²) in [6.45, 7) is 3.49. The number of hydrogen-bond acceptors (Lipinski definition) is 6. The first-order valence-electron chi connectivity index (χ1n) is 9.69. The lowest BCUT2D eigenvalue weighted by molar-refractivity contribution is -0.159. The number of carboxylic acid groups (broad SMARTS) is 2. The molecule has 3 rings (SSSR count). The van der Waals surface area contributed by atoms with Crippen molar-refractivity contribution in [3.8, 4) is 11.5 Å².